The normalized spacial score (nSPS) is 11.6. The molecule has 0 aromatic heterocycles. The monoisotopic (exact) mass is 380 g/mol. The van der Waals surface area contributed by atoms with E-state index < -0.39 is 10.0 Å². The molecule has 2 aromatic carbocycles. The molecule has 1 N–H and O–H groups in total. The van der Waals surface area contributed by atoms with Crippen LogP contribution in [0.1, 0.15) is 29.8 Å². The van der Waals surface area contributed by atoms with E-state index in [2.05, 4.69) is 5.32 Å². The number of aryl methyl sites for hydroxylation is 1. The molecule has 134 valence electrons. The Balaban J connectivity index is 2.35. The average Bonchev–Trinajstić information content (AvgIpc) is 2.57. The van der Waals surface area contributed by atoms with Crippen LogP contribution in [0, 0.1) is 6.92 Å². The van der Waals surface area contributed by atoms with Crippen molar-refractivity contribution in [2.45, 2.75) is 25.7 Å². The van der Waals surface area contributed by atoms with E-state index in [9.17, 15) is 13.2 Å². The number of benzene rings is 2. The van der Waals surface area contributed by atoms with Crippen molar-refractivity contribution in [1.29, 1.82) is 0 Å². The van der Waals surface area contributed by atoms with Crippen LogP contribution in [0.25, 0.3) is 0 Å². The highest BCUT2D eigenvalue weighted by atomic mass is 35.5. The quantitative estimate of drug-likeness (QED) is 0.825. The molecule has 0 unspecified atom stereocenters. The predicted octanol–water partition coefficient (Wildman–Crippen LogP) is 3.93. The van der Waals surface area contributed by atoms with Gasteiger partial charge < -0.3 is 5.32 Å². The molecule has 25 heavy (non-hydrogen) atoms. The fourth-order valence-corrected chi connectivity index (χ4v) is 4.10. The lowest BCUT2D eigenvalue weighted by atomic mass is 10.1. The average molecular weight is 381 g/mol. The van der Waals surface area contributed by atoms with Gasteiger partial charge in [0.25, 0.3) is 5.91 Å². The van der Waals surface area contributed by atoms with Gasteiger partial charge in [-0.2, -0.15) is 4.31 Å². The Hall–Kier alpha value is -1.89. The van der Waals surface area contributed by atoms with Crippen molar-refractivity contribution < 1.29 is 13.2 Å². The SMILES string of the molecule is CCN(CC)S(=O)(=O)c1ccc(Cl)c(NC(=O)c2cccc(C)c2)c1. The van der Waals surface area contributed by atoms with Crippen LogP contribution in [0.2, 0.25) is 5.02 Å². The minimum atomic E-state index is -3.62. The van der Waals surface area contributed by atoms with E-state index in [-0.39, 0.29) is 21.5 Å². The van der Waals surface area contributed by atoms with Gasteiger partial charge in [0.1, 0.15) is 0 Å². The number of rotatable bonds is 6. The van der Waals surface area contributed by atoms with Crippen LogP contribution in [0.4, 0.5) is 5.69 Å². The van der Waals surface area contributed by atoms with Crippen molar-refractivity contribution >= 4 is 33.2 Å². The molecule has 2 rings (SSSR count). The molecule has 0 spiro atoms. The zero-order chi connectivity index (χ0) is 18.6. The maximum atomic E-state index is 12.6. The Kier molecular flexibility index (Phi) is 6.21. The van der Waals surface area contributed by atoms with Crippen molar-refractivity contribution in [3.8, 4) is 0 Å². The zero-order valence-corrected chi connectivity index (χ0v) is 16.0. The summed E-state index contributed by atoms with van der Waals surface area (Å²) in [6.45, 7) is 6.18. The highest BCUT2D eigenvalue weighted by molar-refractivity contribution is 7.89. The number of hydrogen-bond acceptors (Lipinski definition) is 3. The molecule has 1 amide bonds. The molecular formula is C18H21ClN2O3S. The van der Waals surface area contributed by atoms with Crippen LogP contribution < -0.4 is 5.32 Å². The van der Waals surface area contributed by atoms with Crippen LogP contribution in [-0.4, -0.2) is 31.7 Å². The van der Waals surface area contributed by atoms with Gasteiger partial charge >= 0.3 is 0 Å². The fourth-order valence-electron chi connectivity index (χ4n) is 2.45. The van der Waals surface area contributed by atoms with Crippen molar-refractivity contribution in [3.63, 3.8) is 0 Å². The maximum absolute atomic E-state index is 12.6. The first-order chi connectivity index (χ1) is 11.8. The van der Waals surface area contributed by atoms with E-state index in [0.29, 0.717) is 18.7 Å². The van der Waals surface area contributed by atoms with E-state index in [1.165, 1.54) is 22.5 Å². The van der Waals surface area contributed by atoms with Gasteiger partial charge in [0.2, 0.25) is 10.0 Å². The number of carbonyl (C=O) groups excluding carboxylic acids is 1. The molecule has 0 aliphatic carbocycles. The molecule has 0 aliphatic heterocycles. The summed E-state index contributed by atoms with van der Waals surface area (Å²) < 4.78 is 26.6. The molecule has 7 heteroatoms. The van der Waals surface area contributed by atoms with Crippen LogP contribution >= 0.6 is 11.6 Å². The minimum absolute atomic E-state index is 0.0974. The molecular weight excluding hydrogens is 360 g/mol. The Morgan fingerprint density at radius 1 is 1.12 bits per heavy atom. The van der Waals surface area contributed by atoms with E-state index in [1.54, 1.807) is 32.0 Å². The maximum Gasteiger partial charge on any atom is 0.255 e. The minimum Gasteiger partial charge on any atom is -0.321 e. The summed E-state index contributed by atoms with van der Waals surface area (Å²) in [7, 11) is -3.62. The van der Waals surface area contributed by atoms with Crippen molar-refractivity contribution in [2.24, 2.45) is 0 Å². The van der Waals surface area contributed by atoms with Gasteiger partial charge in [0.15, 0.2) is 0 Å². The Labute approximate surface area is 153 Å². The first-order valence-electron chi connectivity index (χ1n) is 7.97. The third-order valence-corrected chi connectivity index (χ3v) is 6.18. The van der Waals surface area contributed by atoms with Crippen molar-refractivity contribution in [2.75, 3.05) is 18.4 Å². The van der Waals surface area contributed by atoms with Crippen LogP contribution in [0.15, 0.2) is 47.4 Å². The standard InChI is InChI=1S/C18H21ClN2O3S/c1-4-21(5-2)25(23,24)15-9-10-16(19)17(12-15)20-18(22)14-8-6-7-13(3)11-14/h6-12H,4-5H2,1-3H3,(H,20,22). The number of sulfonamides is 1. The van der Waals surface area contributed by atoms with Crippen LogP contribution in [0.3, 0.4) is 0 Å². The number of halogens is 1. The second-order valence-electron chi connectivity index (χ2n) is 5.55. The molecule has 0 fully saturated rings. The number of nitrogens with zero attached hydrogens (tertiary/aromatic N) is 1. The summed E-state index contributed by atoms with van der Waals surface area (Å²) in [4.78, 5) is 12.5. The fraction of sp³-hybridized carbons (Fsp3) is 0.278. The molecule has 0 saturated carbocycles. The summed E-state index contributed by atoms with van der Waals surface area (Å²) in [5.41, 5.74) is 1.70. The van der Waals surface area contributed by atoms with Crippen molar-refractivity contribution in [3.05, 3.63) is 58.6 Å². The van der Waals surface area contributed by atoms with Gasteiger partial charge in [-0.05, 0) is 37.3 Å². The Morgan fingerprint density at radius 2 is 1.80 bits per heavy atom. The van der Waals surface area contributed by atoms with Crippen molar-refractivity contribution in [1.82, 2.24) is 4.31 Å². The highest BCUT2D eigenvalue weighted by Gasteiger charge is 2.23. The Bertz CT molecular complexity index is 878. The molecule has 0 bridgehead atoms. The number of amides is 1. The van der Waals surface area contributed by atoms with E-state index >= 15 is 0 Å². The van der Waals surface area contributed by atoms with E-state index in [4.69, 9.17) is 11.6 Å². The molecule has 0 aliphatic rings. The van der Waals surface area contributed by atoms with E-state index in [1.807, 2.05) is 13.0 Å². The smallest absolute Gasteiger partial charge is 0.255 e. The summed E-state index contributed by atoms with van der Waals surface area (Å²) in [5, 5.41) is 2.96. The van der Waals surface area contributed by atoms with Gasteiger partial charge in [-0.25, -0.2) is 8.42 Å². The van der Waals surface area contributed by atoms with Gasteiger partial charge in [0, 0.05) is 18.7 Å². The molecule has 0 radical (unpaired) electrons. The predicted molar refractivity (Wildman–Crippen MR) is 101 cm³/mol. The van der Waals surface area contributed by atoms with Crippen LogP contribution in [-0.2, 0) is 10.0 Å². The molecule has 0 atom stereocenters. The second kappa shape index (κ2) is 7.99. The van der Waals surface area contributed by atoms with E-state index in [0.717, 1.165) is 5.56 Å². The summed E-state index contributed by atoms with van der Waals surface area (Å²) in [6, 6.07) is 11.4. The van der Waals surface area contributed by atoms with Gasteiger partial charge in [-0.3, -0.25) is 4.79 Å². The Morgan fingerprint density at radius 3 is 2.40 bits per heavy atom. The molecule has 2 aromatic rings. The van der Waals surface area contributed by atoms with Gasteiger partial charge in [-0.1, -0.05) is 43.1 Å². The largest absolute Gasteiger partial charge is 0.321 e. The topological polar surface area (TPSA) is 66.5 Å². The number of carbonyl (C=O) groups is 1. The number of hydrogen-bond donors (Lipinski definition) is 1. The molecule has 0 saturated heterocycles. The number of anilines is 1. The van der Waals surface area contributed by atoms with Crippen LogP contribution in [0.5, 0.6) is 0 Å². The summed E-state index contributed by atoms with van der Waals surface area (Å²) in [6.07, 6.45) is 0. The first-order valence-corrected chi connectivity index (χ1v) is 9.79. The lowest BCUT2D eigenvalue weighted by Gasteiger charge is -2.19. The molecule has 5 nitrogen and oxygen atoms in total. The third-order valence-electron chi connectivity index (χ3n) is 3.81. The third kappa shape index (κ3) is 4.39. The summed E-state index contributed by atoms with van der Waals surface area (Å²) in [5.74, 6) is -0.344. The lowest BCUT2D eigenvalue weighted by molar-refractivity contribution is 0.102. The van der Waals surface area contributed by atoms with Gasteiger partial charge in [-0.15, -0.1) is 0 Å². The zero-order valence-electron chi connectivity index (χ0n) is 14.4. The second-order valence-corrected chi connectivity index (χ2v) is 7.90. The first kappa shape index (κ1) is 19.4. The lowest BCUT2D eigenvalue weighted by Crippen LogP contribution is -2.30. The number of nitrogens with one attached hydrogen (secondary N) is 1. The molecule has 0 heterocycles. The summed E-state index contributed by atoms with van der Waals surface area (Å²) >= 11 is 6.13. The van der Waals surface area contributed by atoms with Gasteiger partial charge in [0.05, 0.1) is 15.6 Å². The highest BCUT2D eigenvalue weighted by Crippen LogP contribution is 2.27.